The fourth-order valence-corrected chi connectivity index (χ4v) is 5.02. The van der Waals surface area contributed by atoms with E-state index >= 15 is 0 Å². The summed E-state index contributed by atoms with van der Waals surface area (Å²) in [5.74, 6) is -0.242. The van der Waals surface area contributed by atoms with E-state index in [9.17, 15) is 20.3 Å². The molecule has 28 heavy (non-hydrogen) atoms. The average Bonchev–Trinajstić information content (AvgIpc) is 3.32. The standard InChI is InChI=1S/C14H16N8O5Se/c1-20-4-17-11(22(25)26)13(20)28-12-9-10(18-14(15)19-12)21(5-16-9)8-2-6(24)7(3-23)27-8/h4-8,23-24H,2-3H2,1H3,(H2,15,18,19). The average molecular weight is 455 g/mol. The van der Waals surface area contributed by atoms with Crippen LogP contribution in [0.2, 0.25) is 0 Å². The first-order valence-corrected chi connectivity index (χ1v) is 9.88. The third-order valence-corrected chi connectivity index (χ3v) is 6.73. The van der Waals surface area contributed by atoms with Gasteiger partial charge in [0.05, 0.1) is 0 Å². The molecule has 3 aromatic rings. The van der Waals surface area contributed by atoms with Crippen molar-refractivity contribution < 1.29 is 19.9 Å². The molecule has 0 saturated carbocycles. The van der Waals surface area contributed by atoms with E-state index in [4.69, 9.17) is 10.5 Å². The second-order valence-corrected chi connectivity index (χ2v) is 8.22. The fraction of sp³-hybridized carbons (Fsp3) is 0.429. The third-order valence-electron chi connectivity index (χ3n) is 4.33. The van der Waals surface area contributed by atoms with Crippen molar-refractivity contribution in [1.29, 1.82) is 0 Å². The van der Waals surface area contributed by atoms with Crippen molar-refractivity contribution in [3.8, 4) is 0 Å². The van der Waals surface area contributed by atoms with Crippen molar-refractivity contribution in [2.24, 2.45) is 7.05 Å². The van der Waals surface area contributed by atoms with Gasteiger partial charge in [-0.25, -0.2) is 0 Å². The Bertz CT molecular complexity index is 1050. The van der Waals surface area contributed by atoms with Gasteiger partial charge in [-0.3, -0.25) is 0 Å². The van der Waals surface area contributed by atoms with Crippen molar-refractivity contribution in [2.75, 3.05) is 12.3 Å². The Morgan fingerprint density at radius 3 is 2.89 bits per heavy atom. The molecule has 3 unspecified atom stereocenters. The molecule has 4 heterocycles. The number of rotatable bonds is 5. The number of fused-ring (bicyclic) bond motifs is 1. The van der Waals surface area contributed by atoms with E-state index in [1.165, 1.54) is 12.7 Å². The molecule has 4 rings (SSSR count). The molecule has 13 nitrogen and oxygen atoms in total. The monoisotopic (exact) mass is 456 g/mol. The van der Waals surface area contributed by atoms with E-state index < -0.39 is 38.3 Å². The van der Waals surface area contributed by atoms with Gasteiger partial charge < -0.3 is 0 Å². The van der Waals surface area contributed by atoms with Gasteiger partial charge in [0.25, 0.3) is 0 Å². The normalized spacial score (nSPS) is 22.2. The predicted octanol–water partition coefficient (Wildman–Crippen LogP) is -2.65. The van der Waals surface area contributed by atoms with Crippen LogP contribution in [0.4, 0.5) is 11.8 Å². The number of aliphatic hydroxyl groups is 2. The van der Waals surface area contributed by atoms with Gasteiger partial charge in [0.15, 0.2) is 0 Å². The van der Waals surface area contributed by atoms with E-state index in [0.29, 0.717) is 20.3 Å². The van der Waals surface area contributed by atoms with Crippen LogP contribution in [0.25, 0.3) is 11.2 Å². The van der Waals surface area contributed by atoms with Gasteiger partial charge in [0.1, 0.15) is 0 Å². The Kier molecular flexibility index (Phi) is 4.72. The van der Waals surface area contributed by atoms with Crippen LogP contribution in [0.15, 0.2) is 12.7 Å². The second-order valence-electron chi connectivity index (χ2n) is 6.17. The molecular formula is C14H16N8O5Se. The number of nitro groups is 1. The molecule has 1 aliphatic heterocycles. The molecule has 3 atom stereocenters. The Labute approximate surface area is 163 Å². The summed E-state index contributed by atoms with van der Waals surface area (Å²) in [5.41, 5.74) is 6.69. The number of nitrogens with zero attached hydrogens (tertiary/aromatic N) is 7. The summed E-state index contributed by atoms with van der Waals surface area (Å²) in [6, 6.07) is 0. The first kappa shape index (κ1) is 18.7. The summed E-state index contributed by atoms with van der Waals surface area (Å²) in [4.78, 5) is 27.3. The number of hydrogen-bond acceptors (Lipinski definition) is 10. The van der Waals surface area contributed by atoms with Crippen LogP contribution in [0, 0.1) is 10.1 Å². The molecule has 148 valence electrons. The van der Waals surface area contributed by atoms with E-state index in [2.05, 4.69) is 19.9 Å². The SMILES string of the molecule is Cn1cnc([N+](=O)[O-])c1[Se]c1nc(N)nc2c1ncn2C1CC(O)C(CO)O1. The van der Waals surface area contributed by atoms with Crippen molar-refractivity contribution >= 4 is 47.1 Å². The van der Waals surface area contributed by atoms with Gasteiger partial charge in [-0.2, -0.15) is 0 Å². The van der Waals surface area contributed by atoms with Crippen molar-refractivity contribution in [3.63, 3.8) is 0 Å². The zero-order chi connectivity index (χ0) is 20.0. The fourth-order valence-electron chi connectivity index (χ4n) is 2.98. The minimum absolute atomic E-state index is 0.00630. The van der Waals surface area contributed by atoms with Crippen LogP contribution in [-0.2, 0) is 11.8 Å². The van der Waals surface area contributed by atoms with E-state index in [0.717, 1.165) is 0 Å². The van der Waals surface area contributed by atoms with E-state index in [1.807, 2.05) is 0 Å². The van der Waals surface area contributed by atoms with Gasteiger partial charge in [-0.1, -0.05) is 0 Å². The summed E-state index contributed by atoms with van der Waals surface area (Å²) in [7, 11) is 1.67. The first-order chi connectivity index (χ1) is 13.4. The molecule has 0 aromatic carbocycles. The zero-order valence-corrected chi connectivity index (χ0v) is 16.2. The summed E-state index contributed by atoms with van der Waals surface area (Å²) in [5, 5.41) is 30.5. The van der Waals surface area contributed by atoms with Crippen LogP contribution >= 0.6 is 0 Å². The number of nitrogen functional groups attached to an aromatic ring is 1. The van der Waals surface area contributed by atoms with Gasteiger partial charge >= 0.3 is 163 Å². The number of ether oxygens (including phenoxy) is 1. The van der Waals surface area contributed by atoms with Crippen molar-refractivity contribution in [1.82, 2.24) is 29.1 Å². The Balaban J connectivity index is 1.75. The number of imidazole rings is 2. The number of nitrogens with two attached hydrogens (primary N) is 1. The van der Waals surface area contributed by atoms with Crippen LogP contribution in [0.1, 0.15) is 12.6 Å². The van der Waals surface area contributed by atoms with Crippen LogP contribution < -0.4 is 14.9 Å². The summed E-state index contributed by atoms with van der Waals surface area (Å²) in [6.07, 6.45) is 1.05. The third kappa shape index (κ3) is 3.10. The van der Waals surface area contributed by atoms with Gasteiger partial charge in [-0.05, 0) is 0 Å². The minimum atomic E-state index is -0.813. The molecule has 0 radical (unpaired) electrons. The Morgan fingerprint density at radius 1 is 1.43 bits per heavy atom. The number of anilines is 1. The topological polar surface area (TPSA) is 180 Å². The second kappa shape index (κ2) is 7.07. The molecule has 0 spiro atoms. The van der Waals surface area contributed by atoms with Crippen LogP contribution in [-0.4, -0.2) is 78.0 Å². The Hall–Kier alpha value is -2.64. The van der Waals surface area contributed by atoms with E-state index in [1.54, 1.807) is 16.2 Å². The number of aryl methyl sites for hydroxylation is 1. The summed E-state index contributed by atoms with van der Waals surface area (Å²) >= 11 is -0.605. The van der Waals surface area contributed by atoms with Gasteiger partial charge in [-0.15, -0.1) is 0 Å². The Morgan fingerprint density at radius 2 is 2.21 bits per heavy atom. The molecule has 0 amide bonds. The molecule has 4 N–H and O–H groups in total. The van der Waals surface area contributed by atoms with Crippen molar-refractivity contribution in [2.45, 2.75) is 24.9 Å². The molecule has 1 aliphatic rings. The quantitative estimate of drug-likeness (QED) is 0.209. The zero-order valence-electron chi connectivity index (χ0n) is 14.5. The van der Waals surface area contributed by atoms with Gasteiger partial charge in [0.2, 0.25) is 0 Å². The summed E-state index contributed by atoms with van der Waals surface area (Å²) in [6.45, 7) is -0.306. The molecule has 14 heteroatoms. The molecule has 1 saturated heterocycles. The maximum atomic E-state index is 11.2. The number of hydrogen-bond donors (Lipinski definition) is 3. The number of aromatic nitrogens is 6. The molecule has 0 bridgehead atoms. The maximum absolute atomic E-state index is 11.2. The predicted molar refractivity (Wildman–Crippen MR) is 96.2 cm³/mol. The van der Waals surface area contributed by atoms with E-state index in [-0.39, 0.29) is 24.8 Å². The molecule has 1 fully saturated rings. The van der Waals surface area contributed by atoms with Crippen LogP contribution in [0.5, 0.6) is 0 Å². The van der Waals surface area contributed by atoms with Gasteiger partial charge in [0, 0.05) is 0 Å². The van der Waals surface area contributed by atoms with Crippen molar-refractivity contribution in [3.05, 3.63) is 22.8 Å². The summed E-state index contributed by atoms with van der Waals surface area (Å²) < 4.78 is 9.73. The molecule has 0 aliphatic carbocycles. The number of aliphatic hydroxyl groups excluding tert-OH is 2. The van der Waals surface area contributed by atoms with Crippen LogP contribution in [0.3, 0.4) is 0 Å². The molecular weight excluding hydrogens is 439 g/mol. The first-order valence-electron chi connectivity index (χ1n) is 8.17. The molecule has 3 aromatic heterocycles.